The number of hydrogen-bond donors (Lipinski definition) is 2. The van der Waals surface area contributed by atoms with Crippen molar-refractivity contribution in [2.45, 2.75) is 39.7 Å². The van der Waals surface area contributed by atoms with Gasteiger partial charge >= 0.3 is 0 Å². The van der Waals surface area contributed by atoms with E-state index in [0.717, 1.165) is 19.5 Å². The highest BCUT2D eigenvalue weighted by Crippen LogP contribution is 1.83. The highest BCUT2D eigenvalue weighted by Gasteiger charge is 1.99. The third-order valence-corrected chi connectivity index (χ3v) is 1.77. The number of carbonyl (C=O) groups excluding carboxylic acids is 1. The lowest BCUT2D eigenvalue weighted by molar-refractivity contribution is -0.120. The third kappa shape index (κ3) is 9.26. The first-order chi connectivity index (χ1) is 6.66. The molecule has 0 saturated heterocycles. The lowest BCUT2D eigenvalue weighted by atomic mass is 10.3. The van der Waals surface area contributed by atoms with E-state index in [-0.39, 0.29) is 5.91 Å². The Kier molecular flexibility index (Phi) is 8.24. The topological polar surface area (TPSA) is 41.1 Å². The zero-order chi connectivity index (χ0) is 10.8. The average Bonchev–Trinajstić information content (AvgIpc) is 2.12. The summed E-state index contributed by atoms with van der Waals surface area (Å²) >= 11 is 0. The number of carbonyl (C=O) groups is 1. The second kappa shape index (κ2) is 8.75. The number of hydrogen-bond acceptors (Lipinski definition) is 2. The molecule has 0 fully saturated rings. The SMILES string of the molecule is C/C=C/CCNC(=O)CCNC(C)C. The van der Waals surface area contributed by atoms with Crippen LogP contribution in [0.4, 0.5) is 0 Å². The Hall–Kier alpha value is -0.830. The summed E-state index contributed by atoms with van der Waals surface area (Å²) in [6.45, 7) is 7.63. The van der Waals surface area contributed by atoms with Crippen molar-refractivity contribution >= 4 is 5.91 Å². The van der Waals surface area contributed by atoms with Crippen molar-refractivity contribution < 1.29 is 4.79 Å². The van der Waals surface area contributed by atoms with Crippen molar-refractivity contribution in [1.82, 2.24) is 10.6 Å². The van der Waals surface area contributed by atoms with Gasteiger partial charge in [-0.3, -0.25) is 4.79 Å². The van der Waals surface area contributed by atoms with Gasteiger partial charge in [0.2, 0.25) is 5.91 Å². The van der Waals surface area contributed by atoms with Crippen LogP contribution in [0.15, 0.2) is 12.2 Å². The van der Waals surface area contributed by atoms with Gasteiger partial charge in [0.1, 0.15) is 0 Å². The number of allylic oxidation sites excluding steroid dienone is 1. The van der Waals surface area contributed by atoms with E-state index < -0.39 is 0 Å². The Balaban J connectivity index is 3.28. The molecule has 0 unspecified atom stereocenters. The lowest BCUT2D eigenvalue weighted by Crippen LogP contribution is -2.30. The Morgan fingerprint density at radius 1 is 1.36 bits per heavy atom. The maximum Gasteiger partial charge on any atom is 0.221 e. The second-order valence-electron chi connectivity index (χ2n) is 3.57. The summed E-state index contributed by atoms with van der Waals surface area (Å²) in [5, 5.41) is 6.06. The van der Waals surface area contributed by atoms with Gasteiger partial charge in [0, 0.05) is 25.6 Å². The van der Waals surface area contributed by atoms with Crippen LogP contribution in [0.2, 0.25) is 0 Å². The van der Waals surface area contributed by atoms with Gasteiger partial charge in [0.05, 0.1) is 0 Å². The predicted octanol–water partition coefficient (Wildman–Crippen LogP) is 1.46. The number of rotatable bonds is 7. The molecule has 0 aliphatic heterocycles. The van der Waals surface area contributed by atoms with Gasteiger partial charge < -0.3 is 10.6 Å². The summed E-state index contributed by atoms with van der Waals surface area (Å²) < 4.78 is 0. The monoisotopic (exact) mass is 198 g/mol. The van der Waals surface area contributed by atoms with Crippen molar-refractivity contribution in [3.05, 3.63) is 12.2 Å². The van der Waals surface area contributed by atoms with Crippen LogP contribution < -0.4 is 10.6 Å². The van der Waals surface area contributed by atoms with Crippen LogP contribution in [-0.4, -0.2) is 25.0 Å². The maximum absolute atomic E-state index is 11.2. The Bertz CT molecular complexity index is 176. The molecule has 0 aromatic carbocycles. The molecule has 0 aliphatic carbocycles. The fourth-order valence-electron chi connectivity index (χ4n) is 1.02. The number of nitrogens with one attached hydrogen (secondary N) is 2. The zero-order valence-corrected chi connectivity index (χ0v) is 9.47. The van der Waals surface area contributed by atoms with Crippen LogP contribution in [0.25, 0.3) is 0 Å². The summed E-state index contributed by atoms with van der Waals surface area (Å²) in [5.41, 5.74) is 0. The molecule has 0 heterocycles. The fourth-order valence-corrected chi connectivity index (χ4v) is 1.02. The Morgan fingerprint density at radius 2 is 2.07 bits per heavy atom. The molecule has 0 bridgehead atoms. The first-order valence-electron chi connectivity index (χ1n) is 5.28. The molecule has 0 saturated carbocycles. The van der Waals surface area contributed by atoms with Crippen molar-refractivity contribution in [2.75, 3.05) is 13.1 Å². The van der Waals surface area contributed by atoms with Crippen molar-refractivity contribution in [1.29, 1.82) is 0 Å². The van der Waals surface area contributed by atoms with E-state index in [1.165, 1.54) is 0 Å². The van der Waals surface area contributed by atoms with E-state index in [4.69, 9.17) is 0 Å². The molecule has 0 atom stereocenters. The average molecular weight is 198 g/mol. The molecule has 0 spiro atoms. The molecule has 0 radical (unpaired) electrons. The van der Waals surface area contributed by atoms with Gasteiger partial charge in [-0.25, -0.2) is 0 Å². The summed E-state index contributed by atoms with van der Waals surface area (Å²) in [4.78, 5) is 11.2. The van der Waals surface area contributed by atoms with Gasteiger partial charge in [-0.15, -0.1) is 0 Å². The molecule has 0 rings (SSSR count). The quantitative estimate of drug-likeness (QED) is 0.480. The second-order valence-corrected chi connectivity index (χ2v) is 3.57. The fraction of sp³-hybridized carbons (Fsp3) is 0.727. The molecule has 0 aromatic heterocycles. The third-order valence-electron chi connectivity index (χ3n) is 1.77. The molecule has 3 heteroatoms. The summed E-state index contributed by atoms with van der Waals surface area (Å²) in [5.74, 6) is 0.127. The summed E-state index contributed by atoms with van der Waals surface area (Å²) in [7, 11) is 0. The minimum absolute atomic E-state index is 0.127. The van der Waals surface area contributed by atoms with Crippen molar-refractivity contribution in [3.8, 4) is 0 Å². The predicted molar refractivity (Wildman–Crippen MR) is 60.2 cm³/mol. The Labute approximate surface area is 87.0 Å². The van der Waals surface area contributed by atoms with Crippen LogP contribution in [-0.2, 0) is 4.79 Å². The largest absolute Gasteiger partial charge is 0.356 e. The highest BCUT2D eigenvalue weighted by atomic mass is 16.1. The summed E-state index contributed by atoms with van der Waals surface area (Å²) in [6, 6.07) is 0.450. The van der Waals surface area contributed by atoms with Crippen LogP contribution in [0, 0.1) is 0 Å². The van der Waals surface area contributed by atoms with E-state index in [2.05, 4.69) is 24.5 Å². The molecule has 14 heavy (non-hydrogen) atoms. The van der Waals surface area contributed by atoms with Gasteiger partial charge in [0.25, 0.3) is 0 Å². The standard InChI is InChI=1S/C11H22N2O/c1-4-5-6-8-13-11(14)7-9-12-10(2)3/h4-5,10,12H,6-9H2,1-3H3,(H,13,14)/b5-4+. The van der Waals surface area contributed by atoms with Gasteiger partial charge in [-0.05, 0) is 13.3 Å². The minimum atomic E-state index is 0.127. The van der Waals surface area contributed by atoms with E-state index in [0.29, 0.717) is 12.5 Å². The molecule has 0 aromatic rings. The Morgan fingerprint density at radius 3 is 2.64 bits per heavy atom. The van der Waals surface area contributed by atoms with Crippen LogP contribution in [0.3, 0.4) is 0 Å². The smallest absolute Gasteiger partial charge is 0.221 e. The zero-order valence-electron chi connectivity index (χ0n) is 9.47. The van der Waals surface area contributed by atoms with Crippen molar-refractivity contribution in [2.24, 2.45) is 0 Å². The molecule has 1 amide bonds. The molecule has 3 nitrogen and oxygen atoms in total. The van der Waals surface area contributed by atoms with Crippen molar-refractivity contribution in [3.63, 3.8) is 0 Å². The molecule has 82 valence electrons. The molecular weight excluding hydrogens is 176 g/mol. The number of amides is 1. The van der Waals surface area contributed by atoms with E-state index >= 15 is 0 Å². The minimum Gasteiger partial charge on any atom is -0.356 e. The maximum atomic E-state index is 11.2. The van der Waals surface area contributed by atoms with Crippen LogP contribution >= 0.6 is 0 Å². The lowest BCUT2D eigenvalue weighted by Gasteiger charge is -2.07. The van der Waals surface area contributed by atoms with Gasteiger partial charge in [-0.1, -0.05) is 26.0 Å². The molecular formula is C11H22N2O. The molecule has 0 aliphatic rings. The van der Waals surface area contributed by atoms with Gasteiger partial charge in [0.15, 0.2) is 0 Å². The van der Waals surface area contributed by atoms with Gasteiger partial charge in [-0.2, -0.15) is 0 Å². The van der Waals surface area contributed by atoms with Crippen LogP contribution in [0.5, 0.6) is 0 Å². The first kappa shape index (κ1) is 13.2. The highest BCUT2D eigenvalue weighted by molar-refractivity contribution is 5.76. The first-order valence-corrected chi connectivity index (χ1v) is 5.28. The normalized spacial score (nSPS) is 11.1. The van der Waals surface area contributed by atoms with E-state index in [1.807, 2.05) is 19.1 Å². The van der Waals surface area contributed by atoms with Crippen LogP contribution in [0.1, 0.15) is 33.6 Å². The van der Waals surface area contributed by atoms with E-state index in [9.17, 15) is 4.79 Å². The molecule has 2 N–H and O–H groups in total. The van der Waals surface area contributed by atoms with E-state index in [1.54, 1.807) is 0 Å². The summed E-state index contributed by atoms with van der Waals surface area (Å²) in [6.07, 6.45) is 5.52.